The highest BCUT2D eigenvalue weighted by molar-refractivity contribution is 7.28. The molecule has 0 unspecified atom stereocenters. The van der Waals surface area contributed by atoms with Crippen molar-refractivity contribution in [1.29, 1.82) is 0 Å². The molecule has 0 saturated carbocycles. The lowest BCUT2D eigenvalue weighted by atomic mass is 10.0. The van der Waals surface area contributed by atoms with Gasteiger partial charge in [0.1, 0.15) is 5.01 Å². The van der Waals surface area contributed by atoms with Crippen LogP contribution < -0.4 is 4.90 Å². The molecule has 10 rings (SSSR count). The number of hydrogen-bond acceptors (Lipinski definition) is 5. The topological polar surface area (TPSA) is 16.1 Å². The van der Waals surface area contributed by atoms with Crippen molar-refractivity contribution in [3.63, 3.8) is 0 Å². The van der Waals surface area contributed by atoms with Gasteiger partial charge in [0.2, 0.25) is 0 Å². The minimum Gasteiger partial charge on any atom is -0.310 e. The molecule has 0 aliphatic carbocycles. The van der Waals surface area contributed by atoms with Crippen molar-refractivity contribution in [2.24, 2.45) is 0 Å². The van der Waals surface area contributed by atoms with Gasteiger partial charge in [-0.1, -0.05) is 97.1 Å². The quantitative estimate of drug-likeness (QED) is 0.182. The zero-order valence-electron chi connectivity index (χ0n) is 25.6. The van der Waals surface area contributed by atoms with Crippen LogP contribution in [0.25, 0.3) is 72.3 Å². The maximum absolute atomic E-state index is 5.07. The molecule has 226 valence electrons. The van der Waals surface area contributed by atoms with Crippen LogP contribution in [0.1, 0.15) is 0 Å². The summed E-state index contributed by atoms with van der Waals surface area (Å²) in [7, 11) is 0. The van der Waals surface area contributed by atoms with Crippen LogP contribution in [0.3, 0.4) is 0 Å². The minimum absolute atomic E-state index is 1.06. The Kier molecular flexibility index (Phi) is 6.44. The zero-order chi connectivity index (χ0) is 31.6. The Balaban J connectivity index is 1.17. The van der Waals surface area contributed by atoms with E-state index in [1.54, 1.807) is 11.3 Å². The van der Waals surface area contributed by atoms with Gasteiger partial charge in [-0.05, 0) is 71.8 Å². The van der Waals surface area contributed by atoms with Gasteiger partial charge in [0.25, 0.3) is 0 Å². The van der Waals surface area contributed by atoms with Gasteiger partial charge in [-0.15, -0.1) is 34.0 Å². The van der Waals surface area contributed by atoms with E-state index in [9.17, 15) is 0 Å². The number of thiophene rings is 2. The van der Waals surface area contributed by atoms with Crippen LogP contribution in [0.5, 0.6) is 0 Å². The molecule has 0 amide bonds. The van der Waals surface area contributed by atoms with Crippen LogP contribution in [0.2, 0.25) is 0 Å². The molecule has 3 heterocycles. The number of aromatic nitrogens is 1. The standard InChI is InChI=1S/C43H26N2S3/c1-3-9-27(10-4-1)28-15-17-30(18-16-28)45(32-19-21-34-33-13-7-8-14-37(33)47-40(34)26-32)31-20-23-38-35(25-31)41-39(46-38)24-22-36-42(41)48-43(44-36)29-11-5-2-6-12-29/h1-26H. The predicted octanol–water partition coefficient (Wildman–Crippen LogP) is 13.8. The van der Waals surface area contributed by atoms with Crippen LogP contribution in [-0.2, 0) is 0 Å². The molecule has 0 atom stereocenters. The number of fused-ring (bicyclic) bond motifs is 8. The van der Waals surface area contributed by atoms with Gasteiger partial charge in [-0.3, -0.25) is 0 Å². The number of nitrogens with zero attached hydrogens (tertiary/aromatic N) is 2. The lowest BCUT2D eigenvalue weighted by Gasteiger charge is -2.26. The highest BCUT2D eigenvalue weighted by Crippen LogP contribution is 2.46. The molecule has 0 bridgehead atoms. The Morgan fingerprint density at radius 2 is 1.00 bits per heavy atom. The first-order chi connectivity index (χ1) is 23.8. The second kappa shape index (κ2) is 11.1. The second-order valence-electron chi connectivity index (χ2n) is 12.0. The molecule has 2 nitrogen and oxygen atoms in total. The molecule has 0 saturated heterocycles. The summed E-state index contributed by atoms with van der Waals surface area (Å²) in [6.07, 6.45) is 0. The zero-order valence-corrected chi connectivity index (χ0v) is 28.1. The molecule has 0 spiro atoms. The summed E-state index contributed by atoms with van der Waals surface area (Å²) in [5.74, 6) is 0. The molecule has 0 aliphatic heterocycles. The van der Waals surface area contributed by atoms with Gasteiger partial charge in [-0.2, -0.15) is 0 Å². The summed E-state index contributed by atoms with van der Waals surface area (Å²) in [4.78, 5) is 7.47. The Labute approximate surface area is 289 Å². The molecular formula is C43H26N2S3. The van der Waals surface area contributed by atoms with E-state index in [0.29, 0.717) is 0 Å². The number of hydrogen-bond donors (Lipinski definition) is 0. The lowest BCUT2D eigenvalue weighted by molar-refractivity contribution is 1.30. The molecule has 48 heavy (non-hydrogen) atoms. The van der Waals surface area contributed by atoms with Crippen LogP contribution in [0.15, 0.2) is 158 Å². The molecule has 3 aromatic heterocycles. The molecule has 0 aliphatic rings. The van der Waals surface area contributed by atoms with Crippen molar-refractivity contribution in [3.8, 4) is 21.7 Å². The summed E-state index contributed by atoms with van der Waals surface area (Å²) in [6, 6.07) is 57.1. The highest BCUT2D eigenvalue weighted by atomic mass is 32.1. The predicted molar refractivity (Wildman–Crippen MR) is 211 cm³/mol. The Morgan fingerprint density at radius 1 is 0.396 bits per heavy atom. The van der Waals surface area contributed by atoms with Crippen molar-refractivity contribution in [1.82, 2.24) is 4.98 Å². The summed E-state index contributed by atoms with van der Waals surface area (Å²) in [5.41, 5.74) is 8.06. The van der Waals surface area contributed by atoms with E-state index in [4.69, 9.17) is 4.98 Å². The number of rotatable bonds is 5. The summed E-state index contributed by atoms with van der Waals surface area (Å²) in [6.45, 7) is 0. The number of thiazole rings is 1. The van der Waals surface area contributed by atoms with E-state index in [1.807, 2.05) is 22.7 Å². The van der Waals surface area contributed by atoms with Crippen LogP contribution in [0.4, 0.5) is 17.1 Å². The number of anilines is 3. The molecule has 10 aromatic rings. The monoisotopic (exact) mass is 666 g/mol. The van der Waals surface area contributed by atoms with Crippen molar-refractivity contribution >= 4 is 102 Å². The van der Waals surface area contributed by atoms with Crippen molar-refractivity contribution in [2.45, 2.75) is 0 Å². The van der Waals surface area contributed by atoms with Crippen LogP contribution in [-0.4, -0.2) is 4.98 Å². The first-order valence-corrected chi connectivity index (χ1v) is 18.4. The highest BCUT2D eigenvalue weighted by Gasteiger charge is 2.19. The third-order valence-electron chi connectivity index (χ3n) is 9.10. The van der Waals surface area contributed by atoms with Gasteiger partial charge < -0.3 is 4.90 Å². The van der Waals surface area contributed by atoms with Crippen LogP contribution in [0, 0.1) is 0 Å². The maximum atomic E-state index is 5.07. The third kappa shape index (κ3) is 4.54. The van der Waals surface area contributed by atoms with Gasteiger partial charge in [0.15, 0.2) is 0 Å². The summed E-state index contributed by atoms with van der Waals surface area (Å²) >= 11 is 5.51. The molecule has 0 N–H and O–H groups in total. The average Bonchev–Trinajstić information content (AvgIpc) is 3.85. The second-order valence-corrected chi connectivity index (χ2v) is 15.1. The summed E-state index contributed by atoms with van der Waals surface area (Å²) < 4.78 is 6.44. The van der Waals surface area contributed by atoms with E-state index in [0.717, 1.165) is 33.1 Å². The van der Waals surface area contributed by atoms with Crippen molar-refractivity contribution in [2.75, 3.05) is 4.90 Å². The van der Waals surface area contributed by atoms with Gasteiger partial charge >= 0.3 is 0 Å². The Bertz CT molecular complexity index is 2770. The van der Waals surface area contributed by atoms with Crippen molar-refractivity contribution < 1.29 is 0 Å². The molecular weight excluding hydrogens is 641 g/mol. The van der Waals surface area contributed by atoms with Gasteiger partial charge in [-0.25, -0.2) is 4.98 Å². The third-order valence-corrected chi connectivity index (χ3v) is 12.5. The molecule has 5 heteroatoms. The SMILES string of the molecule is c1ccc(-c2ccc(N(c3ccc4c(c3)sc3ccccc34)c3ccc4sc5ccc6nc(-c7ccccc7)sc6c5c4c3)cc2)cc1. The van der Waals surface area contributed by atoms with E-state index < -0.39 is 0 Å². The van der Waals surface area contributed by atoms with Crippen molar-refractivity contribution in [3.05, 3.63) is 158 Å². The fraction of sp³-hybridized carbons (Fsp3) is 0. The minimum atomic E-state index is 1.06. The smallest absolute Gasteiger partial charge is 0.124 e. The first kappa shape index (κ1) is 27.8. The molecule has 7 aromatic carbocycles. The Hall–Kier alpha value is -5.33. The largest absolute Gasteiger partial charge is 0.310 e. The first-order valence-electron chi connectivity index (χ1n) is 15.9. The number of benzene rings is 7. The fourth-order valence-corrected chi connectivity index (χ4v) is 10.2. The molecule has 0 fully saturated rings. The van der Waals surface area contributed by atoms with E-state index in [2.05, 4.69) is 163 Å². The normalized spacial score (nSPS) is 11.8. The van der Waals surface area contributed by atoms with Gasteiger partial charge in [0, 0.05) is 63.0 Å². The Morgan fingerprint density at radius 3 is 1.83 bits per heavy atom. The summed E-state index contributed by atoms with van der Waals surface area (Å²) in [5, 5.41) is 6.26. The van der Waals surface area contributed by atoms with Crippen LogP contribution >= 0.6 is 34.0 Å². The molecule has 0 radical (unpaired) electrons. The maximum Gasteiger partial charge on any atom is 0.124 e. The van der Waals surface area contributed by atoms with Gasteiger partial charge in [0.05, 0.1) is 10.2 Å². The van der Waals surface area contributed by atoms with E-state index in [-0.39, 0.29) is 0 Å². The lowest BCUT2D eigenvalue weighted by Crippen LogP contribution is -2.09. The van der Waals surface area contributed by atoms with E-state index in [1.165, 1.54) is 56.2 Å². The average molecular weight is 667 g/mol. The van der Waals surface area contributed by atoms with E-state index >= 15 is 0 Å². The fourth-order valence-electron chi connectivity index (χ4n) is 6.81.